The topological polar surface area (TPSA) is 48.7 Å². The lowest BCUT2D eigenvalue weighted by Gasteiger charge is -2.25. The number of aromatic nitrogens is 1. The first-order valence-corrected chi connectivity index (χ1v) is 7.19. The maximum atomic E-state index is 14.1. The van der Waals surface area contributed by atoms with Crippen LogP contribution >= 0.6 is 27.3 Å². The molecule has 3 nitrogen and oxygen atoms in total. The number of hydrogen-bond donors (Lipinski definition) is 1. The maximum Gasteiger partial charge on any atom is 0.161 e. The number of hydrogen-bond acceptors (Lipinski definition) is 4. The lowest BCUT2D eigenvalue weighted by molar-refractivity contribution is 0.578. The molecule has 0 spiro atoms. The van der Waals surface area contributed by atoms with Crippen molar-refractivity contribution in [1.82, 2.24) is 4.98 Å². The summed E-state index contributed by atoms with van der Waals surface area (Å²) in [6.07, 6.45) is 1.72. The highest BCUT2D eigenvalue weighted by Gasteiger charge is 2.25. The molecule has 0 aliphatic carbocycles. The molecule has 0 amide bonds. The van der Waals surface area contributed by atoms with Crippen LogP contribution in [0.4, 0.5) is 10.1 Å². The van der Waals surface area contributed by atoms with E-state index in [1.165, 1.54) is 11.3 Å². The second-order valence-corrected chi connectivity index (χ2v) is 6.18. The minimum absolute atomic E-state index is 0.176. The van der Waals surface area contributed by atoms with E-state index in [0.717, 1.165) is 5.01 Å². The van der Waals surface area contributed by atoms with Gasteiger partial charge in [0.05, 0.1) is 21.3 Å². The summed E-state index contributed by atoms with van der Waals surface area (Å²) < 4.78 is 14.3. The molecule has 1 N–H and O–H groups in total. The minimum atomic E-state index is -0.484. The van der Waals surface area contributed by atoms with Crippen molar-refractivity contribution < 1.29 is 4.39 Å². The Morgan fingerprint density at radius 2 is 2.21 bits per heavy atom. The van der Waals surface area contributed by atoms with Crippen molar-refractivity contribution in [2.24, 2.45) is 0 Å². The fourth-order valence-corrected chi connectivity index (χ4v) is 2.81. The molecule has 2 aromatic rings. The molecule has 19 heavy (non-hydrogen) atoms. The molecular formula is C13H11BrFN3S. The third kappa shape index (κ3) is 2.77. The first-order chi connectivity index (χ1) is 8.95. The van der Waals surface area contributed by atoms with Crippen LogP contribution in [0.25, 0.3) is 0 Å². The van der Waals surface area contributed by atoms with Gasteiger partial charge in [-0.1, -0.05) is 0 Å². The summed E-state index contributed by atoms with van der Waals surface area (Å²) in [5.74, 6) is -0.469. The van der Waals surface area contributed by atoms with Gasteiger partial charge in [0.25, 0.3) is 0 Å². The molecule has 0 saturated carbocycles. The predicted molar refractivity (Wildman–Crippen MR) is 77.6 cm³/mol. The largest absolute Gasteiger partial charge is 0.371 e. The highest BCUT2D eigenvalue weighted by Crippen LogP contribution is 2.32. The normalized spacial score (nSPS) is 11.1. The van der Waals surface area contributed by atoms with Gasteiger partial charge >= 0.3 is 0 Å². The number of nitrogens with zero attached hydrogens (tertiary/aromatic N) is 2. The lowest BCUT2D eigenvalue weighted by Crippen LogP contribution is -2.28. The van der Waals surface area contributed by atoms with Gasteiger partial charge in [0.1, 0.15) is 11.1 Å². The Morgan fingerprint density at radius 3 is 2.79 bits per heavy atom. The summed E-state index contributed by atoms with van der Waals surface area (Å²) in [5, 5.41) is 14.7. The Bertz CT molecular complexity index is 632. The van der Waals surface area contributed by atoms with Crippen molar-refractivity contribution in [3.8, 4) is 6.07 Å². The van der Waals surface area contributed by atoms with Gasteiger partial charge in [0.2, 0.25) is 0 Å². The molecule has 0 aliphatic rings. The number of thiazole rings is 1. The third-order valence-electron chi connectivity index (χ3n) is 2.62. The predicted octanol–water partition coefficient (Wildman–Crippen LogP) is 4.26. The number of anilines is 1. The van der Waals surface area contributed by atoms with Gasteiger partial charge in [-0.15, -0.1) is 11.3 Å². The number of halogens is 2. The third-order valence-corrected chi connectivity index (χ3v) is 4.49. The van der Waals surface area contributed by atoms with Gasteiger partial charge < -0.3 is 5.32 Å². The summed E-state index contributed by atoms with van der Waals surface area (Å²) in [4.78, 5) is 4.24. The van der Waals surface area contributed by atoms with E-state index in [2.05, 4.69) is 26.2 Å². The van der Waals surface area contributed by atoms with E-state index in [-0.39, 0.29) is 10.0 Å². The van der Waals surface area contributed by atoms with Crippen LogP contribution in [0.15, 0.2) is 28.2 Å². The van der Waals surface area contributed by atoms with Gasteiger partial charge in [0, 0.05) is 11.6 Å². The molecule has 0 radical (unpaired) electrons. The summed E-state index contributed by atoms with van der Waals surface area (Å²) in [6, 6.07) is 5.07. The zero-order valence-corrected chi connectivity index (χ0v) is 12.8. The molecule has 2 rings (SSSR count). The fourth-order valence-electron chi connectivity index (χ4n) is 1.65. The van der Waals surface area contributed by atoms with Crippen LogP contribution in [0.3, 0.4) is 0 Å². The Balaban J connectivity index is 2.35. The van der Waals surface area contributed by atoms with Crippen LogP contribution in [0, 0.1) is 17.1 Å². The zero-order valence-electron chi connectivity index (χ0n) is 10.4. The molecule has 0 fully saturated rings. The monoisotopic (exact) mass is 339 g/mol. The average Bonchev–Trinajstić information content (AvgIpc) is 2.90. The molecule has 1 aromatic carbocycles. The van der Waals surface area contributed by atoms with E-state index in [0.29, 0.717) is 5.69 Å². The van der Waals surface area contributed by atoms with Gasteiger partial charge in [-0.25, -0.2) is 9.37 Å². The summed E-state index contributed by atoms with van der Waals surface area (Å²) in [6.45, 7) is 3.86. The molecule has 0 aliphatic heterocycles. The number of nitriles is 1. The second kappa shape index (κ2) is 5.27. The average molecular weight is 340 g/mol. The quantitative estimate of drug-likeness (QED) is 0.908. The lowest BCUT2D eigenvalue weighted by atomic mass is 10.1. The highest BCUT2D eigenvalue weighted by molar-refractivity contribution is 9.10. The SMILES string of the molecule is CC(C)(Nc1ccc(C#N)c(Br)c1F)c1nccs1. The molecule has 0 unspecified atom stereocenters. The van der Waals surface area contributed by atoms with E-state index in [1.807, 2.05) is 25.3 Å². The maximum absolute atomic E-state index is 14.1. The van der Waals surface area contributed by atoms with Gasteiger partial charge in [-0.2, -0.15) is 5.26 Å². The van der Waals surface area contributed by atoms with Gasteiger partial charge in [-0.05, 0) is 41.9 Å². The van der Waals surface area contributed by atoms with Crippen molar-refractivity contribution in [3.63, 3.8) is 0 Å². The number of benzene rings is 1. The summed E-state index contributed by atoms with van der Waals surface area (Å²) >= 11 is 4.60. The Labute approximate surface area is 123 Å². The minimum Gasteiger partial charge on any atom is -0.371 e. The molecule has 1 heterocycles. The first-order valence-electron chi connectivity index (χ1n) is 5.52. The summed E-state index contributed by atoms with van der Waals surface area (Å²) in [5.41, 5.74) is 0.129. The van der Waals surface area contributed by atoms with Crippen LogP contribution in [0.1, 0.15) is 24.4 Å². The highest BCUT2D eigenvalue weighted by atomic mass is 79.9. The standard InChI is InChI=1S/C13H11BrFN3S/c1-13(2,12-17-5-6-19-12)18-9-4-3-8(7-16)10(14)11(9)15/h3-6,18H,1-2H3. The fraction of sp³-hybridized carbons (Fsp3) is 0.231. The van der Waals surface area contributed by atoms with Crippen molar-refractivity contribution in [2.45, 2.75) is 19.4 Å². The van der Waals surface area contributed by atoms with Crippen molar-refractivity contribution >= 4 is 33.0 Å². The van der Waals surface area contributed by atoms with Crippen molar-refractivity contribution in [2.75, 3.05) is 5.32 Å². The molecular weight excluding hydrogens is 329 g/mol. The Morgan fingerprint density at radius 1 is 1.47 bits per heavy atom. The van der Waals surface area contributed by atoms with Crippen LogP contribution in [-0.4, -0.2) is 4.98 Å². The molecule has 0 bridgehead atoms. The van der Waals surface area contributed by atoms with Gasteiger partial charge in [0.15, 0.2) is 5.82 Å². The summed E-state index contributed by atoms with van der Waals surface area (Å²) in [7, 11) is 0. The van der Waals surface area contributed by atoms with E-state index >= 15 is 0 Å². The van der Waals surface area contributed by atoms with Crippen LogP contribution in [0.2, 0.25) is 0 Å². The van der Waals surface area contributed by atoms with E-state index in [4.69, 9.17) is 5.26 Å². The van der Waals surface area contributed by atoms with Crippen molar-refractivity contribution in [1.29, 1.82) is 5.26 Å². The smallest absolute Gasteiger partial charge is 0.161 e. The van der Waals surface area contributed by atoms with E-state index < -0.39 is 11.4 Å². The van der Waals surface area contributed by atoms with Crippen molar-refractivity contribution in [3.05, 3.63) is 44.6 Å². The number of nitrogens with one attached hydrogen (secondary N) is 1. The number of rotatable bonds is 3. The molecule has 0 saturated heterocycles. The van der Waals surface area contributed by atoms with E-state index in [9.17, 15) is 4.39 Å². The molecule has 98 valence electrons. The van der Waals surface area contributed by atoms with E-state index in [1.54, 1.807) is 18.3 Å². The second-order valence-electron chi connectivity index (χ2n) is 4.49. The molecule has 0 atom stereocenters. The molecule has 1 aromatic heterocycles. The van der Waals surface area contributed by atoms with Gasteiger partial charge in [-0.3, -0.25) is 0 Å². The van der Waals surface area contributed by atoms with Crippen LogP contribution in [-0.2, 0) is 5.54 Å². The Kier molecular flexibility index (Phi) is 3.88. The van der Waals surface area contributed by atoms with Crippen LogP contribution in [0.5, 0.6) is 0 Å². The molecule has 6 heteroatoms. The van der Waals surface area contributed by atoms with Crippen LogP contribution < -0.4 is 5.32 Å². The first kappa shape index (κ1) is 14.0. The Hall–Kier alpha value is -1.45. The zero-order chi connectivity index (χ0) is 14.0.